The summed E-state index contributed by atoms with van der Waals surface area (Å²) in [4.78, 5) is 14.5. The van der Waals surface area contributed by atoms with Crippen LogP contribution in [0.5, 0.6) is 0 Å². The molecule has 2 fully saturated rings. The summed E-state index contributed by atoms with van der Waals surface area (Å²) in [7, 11) is 0. The monoisotopic (exact) mass is 224 g/mol. The third kappa shape index (κ3) is 1.75. The Bertz CT molecular complexity index is 273. The van der Waals surface area contributed by atoms with Gasteiger partial charge in [0.05, 0.1) is 11.7 Å². The van der Waals surface area contributed by atoms with Crippen molar-refractivity contribution in [2.24, 2.45) is 0 Å². The Morgan fingerprint density at radius 3 is 2.56 bits per heavy atom. The molecule has 1 saturated heterocycles. The van der Waals surface area contributed by atoms with Crippen LogP contribution in [-0.4, -0.2) is 28.6 Å². The van der Waals surface area contributed by atoms with Gasteiger partial charge in [-0.1, -0.05) is 27.2 Å². The van der Waals surface area contributed by atoms with E-state index in [1.54, 1.807) is 0 Å². The third-order valence-corrected chi connectivity index (χ3v) is 4.05. The highest BCUT2D eigenvalue weighted by Crippen LogP contribution is 2.43. The second kappa shape index (κ2) is 4.36. The first-order valence-corrected chi connectivity index (χ1v) is 6.79. The molecule has 1 amide bonds. The van der Waals surface area contributed by atoms with Crippen LogP contribution in [0.4, 0.5) is 0 Å². The van der Waals surface area contributed by atoms with E-state index in [4.69, 9.17) is 0 Å². The fourth-order valence-corrected chi connectivity index (χ4v) is 2.91. The van der Waals surface area contributed by atoms with Crippen molar-refractivity contribution in [2.45, 2.75) is 77.0 Å². The molecule has 16 heavy (non-hydrogen) atoms. The molecule has 0 aromatic carbocycles. The number of nitrogens with zero attached hydrogens (tertiary/aromatic N) is 1. The predicted octanol–water partition coefficient (Wildman–Crippen LogP) is 2.27. The van der Waals surface area contributed by atoms with E-state index in [1.165, 1.54) is 0 Å². The van der Waals surface area contributed by atoms with Crippen molar-refractivity contribution < 1.29 is 4.79 Å². The van der Waals surface area contributed by atoms with Crippen molar-refractivity contribution in [1.29, 1.82) is 0 Å². The summed E-state index contributed by atoms with van der Waals surface area (Å²) in [6.45, 7) is 6.56. The number of rotatable bonds is 5. The molecule has 2 atom stereocenters. The van der Waals surface area contributed by atoms with Gasteiger partial charge < -0.3 is 4.90 Å². The molecule has 1 N–H and O–H groups in total. The van der Waals surface area contributed by atoms with Gasteiger partial charge in [-0.2, -0.15) is 0 Å². The SMILES string of the molecule is CCCC(CC)N1C(=O)C2(CC2)NC1CC. The average molecular weight is 224 g/mol. The van der Waals surface area contributed by atoms with E-state index in [1.807, 2.05) is 0 Å². The molecule has 0 aromatic heterocycles. The summed E-state index contributed by atoms with van der Waals surface area (Å²) in [5, 5.41) is 3.54. The van der Waals surface area contributed by atoms with Crippen LogP contribution in [0, 0.1) is 0 Å². The minimum Gasteiger partial charge on any atom is -0.323 e. The first-order chi connectivity index (χ1) is 7.68. The molecule has 1 aliphatic carbocycles. The lowest BCUT2D eigenvalue weighted by atomic mass is 10.1. The lowest BCUT2D eigenvalue weighted by Gasteiger charge is -2.31. The van der Waals surface area contributed by atoms with Gasteiger partial charge in [-0.25, -0.2) is 0 Å². The summed E-state index contributed by atoms with van der Waals surface area (Å²) in [6.07, 6.45) is 6.76. The van der Waals surface area contributed by atoms with Crippen molar-refractivity contribution in [2.75, 3.05) is 0 Å². The van der Waals surface area contributed by atoms with Gasteiger partial charge in [-0.15, -0.1) is 0 Å². The first kappa shape index (κ1) is 11.9. The van der Waals surface area contributed by atoms with Crippen molar-refractivity contribution >= 4 is 5.91 Å². The molecule has 1 spiro atoms. The molecule has 0 radical (unpaired) electrons. The van der Waals surface area contributed by atoms with E-state index in [0.717, 1.165) is 38.5 Å². The number of carbonyl (C=O) groups is 1. The molecule has 3 nitrogen and oxygen atoms in total. The zero-order valence-corrected chi connectivity index (χ0v) is 10.8. The van der Waals surface area contributed by atoms with Crippen molar-refractivity contribution in [3.05, 3.63) is 0 Å². The molecule has 92 valence electrons. The molecule has 2 unspecified atom stereocenters. The van der Waals surface area contributed by atoms with E-state index in [0.29, 0.717) is 11.9 Å². The van der Waals surface area contributed by atoms with Crippen LogP contribution in [0.3, 0.4) is 0 Å². The fourth-order valence-electron chi connectivity index (χ4n) is 2.91. The van der Waals surface area contributed by atoms with E-state index in [2.05, 4.69) is 31.0 Å². The van der Waals surface area contributed by atoms with E-state index in [9.17, 15) is 4.79 Å². The van der Waals surface area contributed by atoms with Crippen LogP contribution in [0.25, 0.3) is 0 Å². The molecule has 0 bridgehead atoms. The maximum absolute atomic E-state index is 12.4. The summed E-state index contributed by atoms with van der Waals surface area (Å²) in [5.41, 5.74) is -0.137. The molecule has 2 aliphatic rings. The standard InChI is InChI=1S/C13H24N2O/c1-4-7-10(5-2)15-11(6-3)14-13(8-9-13)12(15)16/h10-11,14H,4-9H2,1-3H3. The molecular formula is C13H24N2O. The van der Waals surface area contributed by atoms with Gasteiger partial charge >= 0.3 is 0 Å². The number of hydrogen-bond acceptors (Lipinski definition) is 2. The van der Waals surface area contributed by atoms with Crippen LogP contribution in [0.15, 0.2) is 0 Å². The minimum atomic E-state index is -0.137. The first-order valence-electron chi connectivity index (χ1n) is 6.79. The van der Waals surface area contributed by atoms with Crippen LogP contribution in [0.1, 0.15) is 59.3 Å². The molecule has 1 heterocycles. The quantitative estimate of drug-likeness (QED) is 0.777. The Labute approximate surface area is 98.6 Å². The average Bonchev–Trinajstić information content (AvgIpc) is 3.01. The lowest BCUT2D eigenvalue weighted by Crippen LogP contribution is -2.44. The second-order valence-corrected chi connectivity index (χ2v) is 5.21. The van der Waals surface area contributed by atoms with E-state index < -0.39 is 0 Å². The van der Waals surface area contributed by atoms with Crippen molar-refractivity contribution in [3.8, 4) is 0 Å². The maximum Gasteiger partial charge on any atom is 0.244 e. The Hall–Kier alpha value is -0.570. The molecule has 3 heteroatoms. The van der Waals surface area contributed by atoms with Gasteiger partial charge in [0.1, 0.15) is 0 Å². The largest absolute Gasteiger partial charge is 0.323 e. The highest BCUT2D eigenvalue weighted by Gasteiger charge is 2.59. The fraction of sp³-hybridized carbons (Fsp3) is 0.923. The number of carbonyl (C=O) groups excluding carboxylic acids is 1. The maximum atomic E-state index is 12.4. The highest BCUT2D eigenvalue weighted by molar-refractivity contribution is 5.92. The van der Waals surface area contributed by atoms with Crippen molar-refractivity contribution in [3.63, 3.8) is 0 Å². The van der Waals surface area contributed by atoms with Crippen LogP contribution in [-0.2, 0) is 4.79 Å². The Morgan fingerprint density at radius 2 is 2.12 bits per heavy atom. The van der Waals surface area contributed by atoms with Gasteiger partial charge in [0.15, 0.2) is 0 Å². The summed E-state index contributed by atoms with van der Waals surface area (Å²) in [5.74, 6) is 0.375. The summed E-state index contributed by atoms with van der Waals surface area (Å²) in [6, 6.07) is 0.440. The van der Waals surface area contributed by atoms with Crippen molar-refractivity contribution in [1.82, 2.24) is 10.2 Å². The van der Waals surface area contributed by atoms with Crippen LogP contribution >= 0.6 is 0 Å². The van der Waals surface area contributed by atoms with E-state index >= 15 is 0 Å². The molecule has 2 rings (SSSR count). The predicted molar refractivity (Wildman–Crippen MR) is 65.0 cm³/mol. The van der Waals surface area contributed by atoms with Crippen LogP contribution in [0.2, 0.25) is 0 Å². The normalized spacial score (nSPS) is 28.8. The Kier molecular flexibility index (Phi) is 3.24. The number of nitrogens with one attached hydrogen (secondary N) is 1. The smallest absolute Gasteiger partial charge is 0.244 e. The Balaban J connectivity index is 2.13. The van der Waals surface area contributed by atoms with Gasteiger partial charge in [0, 0.05) is 6.04 Å². The van der Waals surface area contributed by atoms with E-state index in [-0.39, 0.29) is 11.7 Å². The zero-order valence-electron chi connectivity index (χ0n) is 10.8. The van der Waals surface area contributed by atoms with Gasteiger partial charge in [0.2, 0.25) is 5.91 Å². The number of hydrogen-bond donors (Lipinski definition) is 1. The van der Waals surface area contributed by atoms with Gasteiger partial charge in [0.25, 0.3) is 0 Å². The summed E-state index contributed by atoms with van der Waals surface area (Å²) >= 11 is 0. The lowest BCUT2D eigenvalue weighted by molar-refractivity contribution is -0.133. The minimum absolute atomic E-state index is 0.137. The summed E-state index contributed by atoms with van der Waals surface area (Å²) < 4.78 is 0. The second-order valence-electron chi connectivity index (χ2n) is 5.21. The third-order valence-electron chi connectivity index (χ3n) is 4.05. The Morgan fingerprint density at radius 1 is 1.44 bits per heavy atom. The molecule has 1 aliphatic heterocycles. The topological polar surface area (TPSA) is 32.3 Å². The number of amides is 1. The van der Waals surface area contributed by atoms with Gasteiger partial charge in [-0.05, 0) is 32.1 Å². The molecular weight excluding hydrogens is 200 g/mol. The highest BCUT2D eigenvalue weighted by atomic mass is 16.2. The van der Waals surface area contributed by atoms with Crippen LogP contribution < -0.4 is 5.32 Å². The molecule has 0 aromatic rings. The molecule has 1 saturated carbocycles. The van der Waals surface area contributed by atoms with Gasteiger partial charge in [-0.3, -0.25) is 10.1 Å². The zero-order chi connectivity index (χ0) is 11.8.